The van der Waals surface area contributed by atoms with Crippen molar-refractivity contribution >= 4 is 27.3 Å². The third-order valence-corrected chi connectivity index (χ3v) is 7.02. The van der Waals surface area contributed by atoms with Gasteiger partial charge in [-0.1, -0.05) is 35.5 Å². The minimum Gasteiger partial charge on any atom is -0.385 e. The zero-order chi connectivity index (χ0) is 22.4. The van der Waals surface area contributed by atoms with Crippen molar-refractivity contribution in [2.45, 2.75) is 11.8 Å². The summed E-state index contributed by atoms with van der Waals surface area (Å²) in [7, 11) is -0.496. The van der Waals surface area contributed by atoms with Crippen molar-refractivity contribution in [1.82, 2.24) is 9.21 Å². The number of rotatable bonds is 7. The molecule has 1 aliphatic rings. The van der Waals surface area contributed by atoms with Crippen LogP contribution in [-0.4, -0.2) is 76.1 Å². The van der Waals surface area contributed by atoms with Crippen LogP contribution in [0.1, 0.15) is 12.5 Å². The van der Waals surface area contributed by atoms with Crippen LogP contribution < -0.4 is 4.90 Å². The van der Waals surface area contributed by atoms with Gasteiger partial charge in [0.15, 0.2) is 6.61 Å². The Morgan fingerprint density at radius 1 is 1.00 bits per heavy atom. The molecule has 1 heterocycles. The SMILES string of the molecule is CC(=NOCC(=O)N1CCN(c2ccccc2)CC1)c1ccc(S(=O)(=O)N(C)C)cc1. The van der Waals surface area contributed by atoms with Crippen LogP contribution in [0.4, 0.5) is 5.69 Å². The lowest BCUT2D eigenvalue weighted by Crippen LogP contribution is -2.49. The maximum absolute atomic E-state index is 12.4. The van der Waals surface area contributed by atoms with Crippen molar-refractivity contribution in [1.29, 1.82) is 0 Å². The highest BCUT2D eigenvalue weighted by atomic mass is 32.2. The van der Waals surface area contributed by atoms with Crippen LogP contribution in [0.5, 0.6) is 0 Å². The Kier molecular flexibility index (Phi) is 7.29. The predicted octanol–water partition coefficient (Wildman–Crippen LogP) is 2.03. The van der Waals surface area contributed by atoms with Gasteiger partial charge in [0, 0.05) is 46.0 Å². The summed E-state index contributed by atoms with van der Waals surface area (Å²) in [5, 5.41) is 4.02. The molecule has 0 saturated carbocycles. The second-order valence-corrected chi connectivity index (χ2v) is 9.62. The number of para-hydroxylation sites is 1. The van der Waals surface area contributed by atoms with Crippen LogP contribution in [0.2, 0.25) is 0 Å². The lowest BCUT2D eigenvalue weighted by atomic mass is 10.1. The number of anilines is 1. The van der Waals surface area contributed by atoms with Gasteiger partial charge < -0.3 is 14.6 Å². The van der Waals surface area contributed by atoms with Crippen molar-refractivity contribution in [3.63, 3.8) is 0 Å². The largest absolute Gasteiger partial charge is 0.385 e. The van der Waals surface area contributed by atoms with E-state index >= 15 is 0 Å². The van der Waals surface area contributed by atoms with Crippen LogP contribution in [-0.2, 0) is 19.7 Å². The summed E-state index contributed by atoms with van der Waals surface area (Å²) in [5.41, 5.74) is 2.45. The number of nitrogens with zero attached hydrogens (tertiary/aromatic N) is 4. The highest BCUT2D eigenvalue weighted by Crippen LogP contribution is 2.16. The van der Waals surface area contributed by atoms with E-state index in [1.165, 1.54) is 26.2 Å². The number of sulfonamides is 1. The normalized spacial score (nSPS) is 15.3. The first kappa shape index (κ1) is 22.8. The topological polar surface area (TPSA) is 82.5 Å². The van der Waals surface area contributed by atoms with E-state index in [1.807, 2.05) is 18.2 Å². The molecule has 8 nitrogen and oxygen atoms in total. The summed E-state index contributed by atoms with van der Waals surface area (Å²) in [6.07, 6.45) is 0. The first-order valence-corrected chi connectivity index (χ1v) is 11.5. The van der Waals surface area contributed by atoms with E-state index < -0.39 is 10.0 Å². The summed E-state index contributed by atoms with van der Waals surface area (Å²) in [5.74, 6) is -0.100. The molecule has 0 aromatic heterocycles. The molecule has 3 rings (SSSR count). The van der Waals surface area contributed by atoms with Crippen LogP contribution >= 0.6 is 0 Å². The molecule has 1 aliphatic heterocycles. The fourth-order valence-electron chi connectivity index (χ4n) is 3.26. The van der Waals surface area contributed by atoms with Gasteiger partial charge in [0.2, 0.25) is 10.0 Å². The van der Waals surface area contributed by atoms with Gasteiger partial charge in [-0.25, -0.2) is 12.7 Å². The molecular weight excluding hydrogens is 416 g/mol. The Labute approximate surface area is 183 Å². The molecular formula is C22H28N4O4S. The molecule has 0 bridgehead atoms. The summed E-state index contributed by atoms with van der Waals surface area (Å²) in [6.45, 7) is 4.46. The molecule has 1 saturated heterocycles. The second kappa shape index (κ2) is 9.93. The van der Waals surface area contributed by atoms with E-state index in [2.05, 4.69) is 22.2 Å². The summed E-state index contributed by atoms with van der Waals surface area (Å²) in [4.78, 5) is 21.9. The van der Waals surface area contributed by atoms with Gasteiger partial charge in [-0.3, -0.25) is 4.79 Å². The number of carbonyl (C=O) groups excluding carboxylic acids is 1. The number of hydrogen-bond donors (Lipinski definition) is 0. The standard InChI is InChI=1S/C22H28N4O4S/c1-18(19-9-11-21(12-10-19)31(28,29)24(2)3)23-30-17-22(27)26-15-13-25(14-16-26)20-7-5-4-6-8-20/h4-12H,13-17H2,1-3H3. The summed E-state index contributed by atoms with van der Waals surface area (Å²) >= 11 is 0. The zero-order valence-corrected chi connectivity index (χ0v) is 18.9. The van der Waals surface area contributed by atoms with E-state index in [0.29, 0.717) is 18.8 Å². The van der Waals surface area contributed by atoms with Crippen molar-refractivity contribution in [3.05, 3.63) is 60.2 Å². The van der Waals surface area contributed by atoms with Crippen molar-refractivity contribution in [3.8, 4) is 0 Å². The van der Waals surface area contributed by atoms with E-state index in [-0.39, 0.29) is 17.4 Å². The Morgan fingerprint density at radius 3 is 2.19 bits per heavy atom. The quantitative estimate of drug-likeness (QED) is 0.482. The molecule has 0 N–H and O–H groups in total. The Bertz CT molecular complexity index is 1010. The molecule has 31 heavy (non-hydrogen) atoms. The fraction of sp³-hybridized carbons (Fsp3) is 0.364. The number of benzene rings is 2. The van der Waals surface area contributed by atoms with Gasteiger partial charge in [0.1, 0.15) is 0 Å². The van der Waals surface area contributed by atoms with Crippen molar-refractivity contribution in [2.75, 3.05) is 51.8 Å². The lowest BCUT2D eigenvalue weighted by Gasteiger charge is -2.35. The first-order valence-electron chi connectivity index (χ1n) is 10.1. The number of hydrogen-bond acceptors (Lipinski definition) is 6. The predicted molar refractivity (Wildman–Crippen MR) is 121 cm³/mol. The third-order valence-electron chi connectivity index (χ3n) is 5.19. The lowest BCUT2D eigenvalue weighted by molar-refractivity contribution is -0.136. The molecule has 166 valence electrons. The van der Waals surface area contributed by atoms with Gasteiger partial charge >= 0.3 is 0 Å². The number of piperazine rings is 1. The molecule has 0 spiro atoms. The first-order chi connectivity index (χ1) is 14.8. The fourth-order valence-corrected chi connectivity index (χ4v) is 4.16. The van der Waals surface area contributed by atoms with Gasteiger partial charge in [0.05, 0.1) is 10.6 Å². The van der Waals surface area contributed by atoms with Crippen molar-refractivity contribution in [2.24, 2.45) is 5.16 Å². The monoisotopic (exact) mass is 444 g/mol. The maximum atomic E-state index is 12.4. The molecule has 9 heteroatoms. The average Bonchev–Trinajstić information content (AvgIpc) is 2.79. The van der Waals surface area contributed by atoms with E-state index in [9.17, 15) is 13.2 Å². The highest BCUT2D eigenvalue weighted by molar-refractivity contribution is 7.89. The molecule has 1 fully saturated rings. The minimum absolute atomic E-state index is 0.100. The van der Waals surface area contributed by atoms with Gasteiger partial charge in [-0.15, -0.1) is 0 Å². The van der Waals surface area contributed by atoms with Crippen LogP contribution in [0.3, 0.4) is 0 Å². The van der Waals surface area contributed by atoms with E-state index in [1.54, 1.807) is 24.0 Å². The zero-order valence-electron chi connectivity index (χ0n) is 18.1. The Morgan fingerprint density at radius 2 is 1.61 bits per heavy atom. The number of amides is 1. The Balaban J connectivity index is 1.49. The van der Waals surface area contributed by atoms with Gasteiger partial charge in [-0.05, 0) is 36.8 Å². The number of oxime groups is 1. The van der Waals surface area contributed by atoms with Crippen LogP contribution in [0.15, 0.2) is 64.6 Å². The van der Waals surface area contributed by atoms with E-state index in [4.69, 9.17) is 4.84 Å². The number of carbonyl (C=O) groups is 1. The minimum atomic E-state index is -3.47. The molecule has 0 unspecified atom stereocenters. The third kappa shape index (κ3) is 5.62. The van der Waals surface area contributed by atoms with Crippen LogP contribution in [0, 0.1) is 0 Å². The maximum Gasteiger partial charge on any atom is 0.263 e. The summed E-state index contributed by atoms with van der Waals surface area (Å²) < 4.78 is 25.4. The summed E-state index contributed by atoms with van der Waals surface area (Å²) in [6, 6.07) is 16.5. The molecule has 2 aromatic carbocycles. The van der Waals surface area contributed by atoms with Crippen LogP contribution in [0.25, 0.3) is 0 Å². The van der Waals surface area contributed by atoms with E-state index in [0.717, 1.165) is 28.6 Å². The molecule has 0 atom stereocenters. The second-order valence-electron chi connectivity index (χ2n) is 7.47. The highest BCUT2D eigenvalue weighted by Gasteiger charge is 2.21. The molecule has 0 aliphatic carbocycles. The molecule has 0 radical (unpaired) electrons. The molecule has 2 aromatic rings. The van der Waals surface area contributed by atoms with Gasteiger partial charge in [-0.2, -0.15) is 0 Å². The van der Waals surface area contributed by atoms with Gasteiger partial charge in [0.25, 0.3) is 5.91 Å². The Hall–Kier alpha value is -2.91. The smallest absolute Gasteiger partial charge is 0.263 e. The van der Waals surface area contributed by atoms with Crippen molar-refractivity contribution < 1.29 is 18.0 Å². The molecule has 1 amide bonds. The average molecular weight is 445 g/mol.